The summed E-state index contributed by atoms with van der Waals surface area (Å²) in [5.74, 6) is 2.91. The summed E-state index contributed by atoms with van der Waals surface area (Å²) in [6.07, 6.45) is 3.64. The highest BCUT2D eigenvalue weighted by molar-refractivity contribution is 14.0. The molecular weight excluding hydrogens is 461 g/mol. The molecule has 1 amide bonds. The normalized spacial score (nSPS) is 17.6. The molecule has 2 aromatic heterocycles. The largest absolute Gasteiger partial charge is 0.461 e. The van der Waals surface area contributed by atoms with Gasteiger partial charge in [-0.25, -0.2) is 4.98 Å². The third-order valence-electron chi connectivity index (χ3n) is 4.20. The van der Waals surface area contributed by atoms with Crippen LogP contribution in [0.5, 0.6) is 0 Å². The molecule has 148 valence electrons. The van der Waals surface area contributed by atoms with Crippen LogP contribution in [-0.4, -0.2) is 64.7 Å². The maximum absolute atomic E-state index is 11.6. The second-order valence-electron chi connectivity index (χ2n) is 6.25. The lowest BCUT2D eigenvalue weighted by molar-refractivity contribution is -0.132. The molecule has 0 bridgehead atoms. The highest BCUT2D eigenvalue weighted by Crippen LogP contribution is 2.14. The molecule has 0 spiro atoms. The van der Waals surface area contributed by atoms with Gasteiger partial charge < -0.3 is 20.0 Å². The van der Waals surface area contributed by atoms with Crippen LogP contribution in [0, 0.1) is 0 Å². The molecule has 1 saturated heterocycles. The zero-order valence-corrected chi connectivity index (χ0v) is 17.9. The number of aromatic amines is 1. The molecule has 1 aliphatic rings. The Balaban J connectivity index is 0.00000261. The summed E-state index contributed by atoms with van der Waals surface area (Å²) in [4.78, 5) is 22.4. The zero-order chi connectivity index (χ0) is 18.4. The minimum absolute atomic E-state index is 0. The third-order valence-corrected chi connectivity index (χ3v) is 4.20. The maximum Gasteiger partial charge on any atom is 0.222 e. The van der Waals surface area contributed by atoms with Gasteiger partial charge in [-0.3, -0.25) is 14.9 Å². The number of amides is 1. The van der Waals surface area contributed by atoms with E-state index >= 15 is 0 Å². The minimum atomic E-state index is 0. The molecule has 0 aromatic carbocycles. The van der Waals surface area contributed by atoms with E-state index in [-0.39, 0.29) is 35.9 Å². The van der Waals surface area contributed by atoms with Crippen LogP contribution < -0.4 is 10.6 Å². The van der Waals surface area contributed by atoms with Crippen molar-refractivity contribution in [1.82, 2.24) is 30.7 Å². The van der Waals surface area contributed by atoms with Gasteiger partial charge in [0, 0.05) is 45.6 Å². The molecule has 0 saturated carbocycles. The lowest BCUT2D eigenvalue weighted by atomic mass is 10.1. The summed E-state index contributed by atoms with van der Waals surface area (Å²) in [7, 11) is 1.83. The Hall–Kier alpha value is -2.11. The van der Waals surface area contributed by atoms with Crippen LogP contribution in [0.1, 0.15) is 25.6 Å². The quantitative estimate of drug-likeness (QED) is 0.323. The van der Waals surface area contributed by atoms with E-state index in [0.29, 0.717) is 37.5 Å². The average Bonchev–Trinajstić information content (AvgIpc) is 3.29. The number of nitrogens with zero attached hydrogens (tertiary/aromatic N) is 4. The predicted octanol–water partition coefficient (Wildman–Crippen LogP) is 1.40. The number of H-pyrrole nitrogens is 1. The molecule has 3 N–H and O–H groups in total. The van der Waals surface area contributed by atoms with E-state index in [0.717, 1.165) is 24.7 Å². The van der Waals surface area contributed by atoms with Crippen molar-refractivity contribution < 1.29 is 9.21 Å². The smallest absolute Gasteiger partial charge is 0.222 e. The van der Waals surface area contributed by atoms with Gasteiger partial charge in [-0.05, 0) is 25.5 Å². The maximum atomic E-state index is 11.6. The number of nitrogens with one attached hydrogen (secondary N) is 3. The number of guanidine groups is 1. The number of piperidine rings is 1. The van der Waals surface area contributed by atoms with E-state index in [1.54, 1.807) is 17.2 Å². The average molecular weight is 487 g/mol. The molecule has 1 aliphatic heterocycles. The van der Waals surface area contributed by atoms with Gasteiger partial charge in [0.15, 0.2) is 11.7 Å². The fourth-order valence-corrected chi connectivity index (χ4v) is 2.84. The van der Waals surface area contributed by atoms with Crippen molar-refractivity contribution in [2.24, 2.45) is 4.99 Å². The molecule has 2 aromatic rings. The topological polar surface area (TPSA) is 111 Å². The summed E-state index contributed by atoms with van der Waals surface area (Å²) in [5.41, 5.74) is 0. The van der Waals surface area contributed by atoms with Gasteiger partial charge in [0.1, 0.15) is 5.82 Å². The first kappa shape index (κ1) is 21.2. The van der Waals surface area contributed by atoms with E-state index in [1.807, 2.05) is 20.0 Å². The number of rotatable bonds is 6. The SMILES string of the molecule is CCNC(=NCCc1nc(-c2ccco2)n[nH]1)NC1CCC(=O)N(C)C1.I. The van der Waals surface area contributed by atoms with E-state index in [1.165, 1.54) is 0 Å². The molecule has 9 nitrogen and oxygen atoms in total. The summed E-state index contributed by atoms with van der Waals surface area (Å²) >= 11 is 0. The van der Waals surface area contributed by atoms with Gasteiger partial charge in [0.25, 0.3) is 0 Å². The molecule has 1 fully saturated rings. The number of carbonyl (C=O) groups excluding carboxylic acids is 1. The number of aliphatic imine (C=N–C) groups is 1. The first-order valence-corrected chi connectivity index (χ1v) is 8.89. The van der Waals surface area contributed by atoms with Crippen LogP contribution in [-0.2, 0) is 11.2 Å². The standard InChI is InChI=1S/C17H25N7O2.HI/c1-3-18-17(20-12-6-7-15(25)24(2)11-12)19-9-8-14-21-16(23-22-14)13-5-4-10-26-13;/h4-5,10,12H,3,6-9,11H2,1-2H3,(H2,18,19,20)(H,21,22,23);1H. The monoisotopic (exact) mass is 487 g/mol. The number of likely N-dealkylation sites (N-methyl/N-ethyl adjacent to an activating group) is 1. The number of likely N-dealkylation sites (tertiary alicyclic amines) is 1. The first-order valence-electron chi connectivity index (χ1n) is 8.89. The molecule has 3 heterocycles. The molecule has 0 aliphatic carbocycles. The summed E-state index contributed by atoms with van der Waals surface area (Å²) in [5, 5.41) is 13.7. The number of hydrogen-bond acceptors (Lipinski definition) is 5. The van der Waals surface area contributed by atoms with Crippen molar-refractivity contribution in [1.29, 1.82) is 0 Å². The van der Waals surface area contributed by atoms with Crippen LogP contribution in [0.3, 0.4) is 0 Å². The molecule has 0 radical (unpaired) electrons. The fraction of sp³-hybridized carbons (Fsp3) is 0.529. The summed E-state index contributed by atoms with van der Waals surface area (Å²) in [6, 6.07) is 3.84. The lowest BCUT2D eigenvalue weighted by Crippen LogP contribution is -2.51. The fourth-order valence-electron chi connectivity index (χ4n) is 2.84. The van der Waals surface area contributed by atoms with Crippen LogP contribution in [0.2, 0.25) is 0 Å². The lowest BCUT2D eigenvalue weighted by Gasteiger charge is -2.31. The predicted molar refractivity (Wildman–Crippen MR) is 113 cm³/mol. The number of halogens is 1. The van der Waals surface area contributed by atoms with Crippen LogP contribution in [0.25, 0.3) is 11.6 Å². The van der Waals surface area contributed by atoms with E-state index in [2.05, 4.69) is 30.8 Å². The first-order chi connectivity index (χ1) is 12.7. The molecule has 27 heavy (non-hydrogen) atoms. The molecular formula is C17H26IN7O2. The van der Waals surface area contributed by atoms with Crippen molar-refractivity contribution in [3.63, 3.8) is 0 Å². The van der Waals surface area contributed by atoms with E-state index in [4.69, 9.17) is 4.42 Å². The highest BCUT2D eigenvalue weighted by atomic mass is 127. The van der Waals surface area contributed by atoms with Crippen LogP contribution in [0.4, 0.5) is 0 Å². The van der Waals surface area contributed by atoms with Crippen LogP contribution in [0.15, 0.2) is 27.8 Å². The van der Waals surface area contributed by atoms with Gasteiger partial charge in [0.2, 0.25) is 11.7 Å². The number of carbonyl (C=O) groups is 1. The van der Waals surface area contributed by atoms with Crippen LogP contribution >= 0.6 is 24.0 Å². The Morgan fingerprint density at radius 1 is 1.52 bits per heavy atom. The summed E-state index contributed by atoms with van der Waals surface area (Å²) < 4.78 is 5.29. The van der Waals surface area contributed by atoms with Crippen molar-refractivity contribution in [2.75, 3.05) is 26.7 Å². The molecule has 1 unspecified atom stereocenters. The van der Waals surface area contributed by atoms with Gasteiger partial charge in [-0.15, -0.1) is 24.0 Å². The number of hydrogen-bond donors (Lipinski definition) is 3. The Kier molecular flexibility index (Phi) is 8.07. The third kappa shape index (κ3) is 5.94. The molecule has 10 heteroatoms. The Morgan fingerprint density at radius 2 is 2.37 bits per heavy atom. The van der Waals surface area contributed by atoms with E-state index < -0.39 is 0 Å². The molecule has 3 rings (SSSR count). The highest BCUT2D eigenvalue weighted by Gasteiger charge is 2.23. The van der Waals surface area contributed by atoms with Crippen molar-refractivity contribution in [2.45, 2.75) is 32.2 Å². The second kappa shape index (κ2) is 10.3. The number of furan rings is 1. The van der Waals surface area contributed by atoms with Gasteiger partial charge in [0.05, 0.1) is 6.26 Å². The summed E-state index contributed by atoms with van der Waals surface area (Å²) in [6.45, 7) is 4.07. The van der Waals surface area contributed by atoms with E-state index in [9.17, 15) is 4.79 Å². The molecule has 1 atom stereocenters. The minimum Gasteiger partial charge on any atom is -0.461 e. The van der Waals surface area contributed by atoms with Crippen molar-refractivity contribution in [3.8, 4) is 11.6 Å². The van der Waals surface area contributed by atoms with Gasteiger partial charge in [-0.2, -0.15) is 5.10 Å². The Morgan fingerprint density at radius 3 is 3.07 bits per heavy atom. The van der Waals surface area contributed by atoms with Crippen molar-refractivity contribution in [3.05, 3.63) is 24.2 Å². The van der Waals surface area contributed by atoms with Gasteiger partial charge >= 0.3 is 0 Å². The van der Waals surface area contributed by atoms with Crippen molar-refractivity contribution >= 4 is 35.8 Å². The number of aromatic nitrogens is 3. The second-order valence-corrected chi connectivity index (χ2v) is 6.25. The zero-order valence-electron chi connectivity index (χ0n) is 15.6. The van der Waals surface area contributed by atoms with Gasteiger partial charge in [-0.1, -0.05) is 0 Å². The Labute approximate surface area is 175 Å². The Bertz CT molecular complexity index is 744.